The fourth-order valence-corrected chi connectivity index (χ4v) is 2.33. The van der Waals surface area contributed by atoms with Crippen LogP contribution in [0.1, 0.15) is 10.5 Å². The minimum atomic E-state index is -0.761. The largest absolute Gasteiger partial charge is 0.396 e. The summed E-state index contributed by atoms with van der Waals surface area (Å²) in [5, 5.41) is 2.13. The quantitative estimate of drug-likeness (QED) is 0.346. The molecular formula is C13H9Cl3FN5OS. The number of carbonyl (C=O) groups excluding carboxylic acids is 1. The van der Waals surface area contributed by atoms with Crippen molar-refractivity contribution in [3.05, 3.63) is 51.0 Å². The standard InChI is InChI=1S/C13H9Cl3FN5OS/c14-7-9(18)8(15)11(16)20-10(7)12(23)21-22-13(24)19-6-4-2-1-3-5(6)17/h1-4H,(H2,18,20)(H,21,23)(H2,19,22,24). The average molecular weight is 409 g/mol. The van der Waals surface area contributed by atoms with E-state index in [4.69, 9.17) is 52.8 Å². The van der Waals surface area contributed by atoms with Gasteiger partial charge in [0.25, 0.3) is 5.91 Å². The van der Waals surface area contributed by atoms with E-state index in [2.05, 4.69) is 21.2 Å². The topological polar surface area (TPSA) is 92.1 Å². The molecule has 5 N–H and O–H groups in total. The Morgan fingerprint density at radius 3 is 2.50 bits per heavy atom. The Morgan fingerprint density at radius 2 is 1.83 bits per heavy atom. The monoisotopic (exact) mass is 407 g/mol. The number of nitrogen functional groups attached to an aromatic ring is 1. The first kappa shape index (κ1) is 18.5. The highest BCUT2D eigenvalue weighted by molar-refractivity contribution is 7.80. The number of hydrazine groups is 1. The van der Waals surface area contributed by atoms with Crippen LogP contribution in [0.3, 0.4) is 0 Å². The number of para-hydroxylation sites is 1. The lowest BCUT2D eigenvalue weighted by molar-refractivity contribution is 0.0939. The smallest absolute Gasteiger partial charge is 0.289 e. The van der Waals surface area contributed by atoms with Crippen LogP contribution >= 0.6 is 47.0 Å². The predicted molar refractivity (Wildman–Crippen MR) is 96.9 cm³/mol. The molecule has 0 unspecified atom stereocenters. The van der Waals surface area contributed by atoms with Gasteiger partial charge in [-0.1, -0.05) is 46.9 Å². The highest BCUT2D eigenvalue weighted by Crippen LogP contribution is 2.34. The van der Waals surface area contributed by atoms with E-state index in [0.717, 1.165) is 0 Å². The van der Waals surface area contributed by atoms with Crippen molar-refractivity contribution >= 4 is 69.4 Å². The molecule has 2 aromatic rings. The average Bonchev–Trinajstić information content (AvgIpc) is 2.56. The molecule has 1 amide bonds. The highest BCUT2D eigenvalue weighted by Gasteiger charge is 2.19. The Balaban J connectivity index is 2.04. The number of thiocarbonyl (C=S) groups is 1. The van der Waals surface area contributed by atoms with Crippen LogP contribution in [0, 0.1) is 5.82 Å². The maximum absolute atomic E-state index is 13.5. The van der Waals surface area contributed by atoms with E-state index in [-0.39, 0.29) is 37.4 Å². The van der Waals surface area contributed by atoms with Gasteiger partial charge in [-0.2, -0.15) is 0 Å². The third-order valence-electron chi connectivity index (χ3n) is 2.70. The maximum atomic E-state index is 13.5. The Bertz CT molecular complexity index is 820. The summed E-state index contributed by atoms with van der Waals surface area (Å²) in [7, 11) is 0. The van der Waals surface area contributed by atoms with E-state index in [1.807, 2.05) is 0 Å². The molecule has 2 rings (SSSR count). The Kier molecular flexibility index (Phi) is 6.00. The third kappa shape index (κ3) is 4.15. The molecule has 0 saturated carbocycles. The Morgan fingerprint density at radius 1 is 1.17 bits per heavy atom. The molecule has 6 nitrogen and oxygen atoms in total. The normalized spacial score (nSPS) is 10.2. The van der Waals surface area contributed by atoms with Crippen LogP contribution in [0.15, 0.2) is 24.3 Å². The van der Waals surface area contributed by atoms with Crippen LogP contribution in [0.5, 0.6) is 0 Å². The fourth-order valence-electron chi connectivity index (χ4n) is 1.57. The molecule has 0 aliphatic rings. The molecule has 1 aromatic heterocycles. The molecule has 0 bridgehead atoms. The molecule has 0 saturated heterocycles. The molecule has 0 aliphatic carbocycles. The molecule has 24 heavy (non-hydrogen) atoms. The van der Waals surface area contributed by atoms with Gasteiger partial charge in [-0.3, -0.25) is 15.6 Å². The number of hydrogen-bond acceptors (Lipinski definition) is 4. The highest BCUT2D eigenvalue weighted by atomic mass is 35.5. The minimum Gasteiger partial charge on any atom is -0.396 e. The van der Waals surface area contributed by atoms with Crippen LogP contribution in [0.25, 0.3) is 0 Å². The van der Waals surface area contributed by atoms with E-state index in [1.165, 1.54) is 18.2 Å². The molecule has 0 fully saturated rings. The van der Waals surface area contributed by atoms with Crippen molar-refractivity contribution in [1.82, 2.24) is 15.8 Å². The van der Waals surface area contributed by atoms with E-state index < -0.39 is 11.7 Å². The number of rotatable bonds is 2. The van der Waals surface area contributed by atoms with Gasteiger partial charge in [0.05, 0.1) is 16.4 Å². The van der Waals surface area contributed by atoms with E-state index in [0.29, 0.717) is 0 Å². The van der Waals surface area contributed by atoms with E-state index >= 15 is 0 Å². The Labute approximate surface area is 156 Å². The molecule has 126 valence electrons. The van der Waals surface area contributed by atoms with E-state index in [1.54, 1.807) is 6.07 Å². The molecular weight excluding hydrogens is 400 g/mol. The van der Waals surface area contributed by atoms with Gasteiger partial charge in [0.15, 0.2) is 16.0 Å². The maximum Gasteiger partial charge on any atom is 0.289 e. The van der Waals surface area contributed by atoms with Crippen molar-refractivity contribution in [3.8, 4) is 0 Å². The predicted octanol–water partition coefficient (Wildman–Crippen LogP) is 3.39. The van der Waals surface area contributed by atoms with Crippen LogP contribution in [0.2, 0.25) is 15.2 Å². The summed E-state index contributed by atoms with van der Waals surface area (Å²) >= 11 is 22.4. The summed E-state index contributed by atoms with van der Waals surface area (Å²) in [5.74, 6) is -1.27. The number of nitrogens with zero attached hydrogens (tertiary/aromatic N) is 1. The molecule has 0 atom stereocenters. The van der Waals surface area contributed by atoms with Crippen LogP contribution in [0.4, 0.5) is 15.8 Å². The second-order valence-corrected chi connectivity index (χ2v) is 5.83. The lowest BCUT2D eigenvalue weighted by Crippen LogP contribution is -2.44. The number of aromatic nitrogens is 1. The summed E-state index contributed by atoms with van der Waals surface area (Å²) in [5.41, 5.74) is 10.1. The summed E-state index contributed by atoms with van der Waals surface area (Å²) in [6.45, 7) is 0. The molecule has 1 heterocycles. The lowest BCUT2D eigenvalue weighted by Gasteiger charge is -2.13. The van der Waals surface area contributed by atoms with Crippen LogP contribution in [-0.2, 0) is 0 Å². The Hall–Kier alpha value is -1.87. The zero-order valence-corrected chi connectivity index (χ0v) is 14.7. The first-order chi connectivity index (χ1) is 11.3. The van der Waals surface area contributed by atoms with Gasteiger partial charge in [0, 0.05) is 0 Å². The summed E-state index contributed by atoms with van der Waals surface area (Å²) < 4.78 is 13.5. The number of nitrogens with two attached hydrogens (primary N) is 1. The van der Waals surface area contributed by atoms with Gasteiger partial charge in [-0.25, -0.2) is 9.37 Å². The number of amides is 1. The molecule has 0 spiro atoms. The number of anilines is 2. The summed E-state index contributed by atoms with van der Waals surface area (Å²) in [4.78, 5) is 15.8. The third-order valence-corrected chi connectivity index (χ3v) is 4.04. The fraction of sp³-hybridized carbons (Fsp3) is 0. The molecule has 0 aliphatic heterocycles. The van der Waals surface area contributed by atoms with Crippen molar-refractivity contribution in [2.75, 3.05) is 11.1 Å². The van der Waals surface area contributed by atoms with Crippen molar-refractivity contribution in [1.29, 1.82) is 0 Å². The first-order valence-corrected chi connectivity index (χ1v) is 7.77. The van der Waals surface area contributed by atoms with Crippen LogP contribution in [-0.4, -0.2) is 16.0 Å². The van der Waals surface area contributed by atoms with Crippen molar-refractivity contribution < 1.29 is 9.18 Å². The summed E-state index contributed by atoms with van der Waals surface area (Å²) in [6.07, 6.45) is 0. The molecule has 0 radical (unpaired) electrons. The second kappa shape index (κ2) is 7.80. The van der Waals surface area contributed by atoms with Gasteiger partial charge in [-0.15, -0.1) is 0 Å². The number of benzene rings is 1. The lowest BCUT2D eigenvalue weighted by atomic mass is 10.3. The first-order valence-electron chi connectivity index (χ1n) is 6.23. The number of hydrogen-bond donors (Lipinski definition) is 4. The molecule has 1 aromatic carbocycles. The number of pyridine rings is 1. The minimum absolute atomic E-state index is 0.0529. The van der Waals surface area contributed by atoms with Gasteiger partial charge < -0.3 is 11.1 Å². The van der Waals surface area contributed by atoms with Gasteiger partial charge in [-0.05, 0) is 24.4 Å². The summed E-state index contributed by atoms with van der Waals surface area (Å²) in [6, 6.07) is 5.88. The zero-order chi connectivity index (χ0) is 17.9. The van der Waals surface area contributed by atoms with Crippen LogP contribution < -0.4 is 21.9 Å². The zero-order valence-electron chi connectivity index (χ0n) is 11.7. The van der Waals surface area contributed by atoms with Gasteiger partial charge in [0.1, 0.15) is 10.8 Å². The number of halogens is 4. The second-order valence-electron chi connectivity index (χ2n) is 4.31. The molecule has 11 heteroatoms. The van der Waals surface area contributed by atoms with Crippen molar-refractivity contribution in [2.45, 2.75) is 0 Å². The van der Waals surface area contributed by atoms with Crippen molar-refractivity contribution in [2.24, 2.45) is 0 Å². The van der Waals surface area contributed by atoms with Crippen molar-refractivity contribution in [3.63, 3.8) is 0 Å². The van der Waals surface area contributed by atoms with Gasteiger partial charge in [0.2, 0.25) is 0 Å². The van der Waals surface area contributed by atoms with Gasteiger partial charge >= 0.3 is 0 Å². The number of nitrogens with one attached hydrogen (secondary N) is 3. The van der Waals surface area contributed by atoms with E-state index in [9.17, 15) is 9.18 Å². The number of carbonyl (C=O) groups is 1. The SMILES string of the molecule is Nc1c(Cl)c(Cl)nc(C(=O)NNC(=S)Nc2ccccc2F)c1Cl.